The van der Waals surface area contributed by atoms with Crippen LogP contribution in [0.2, 0.25) is 0 Å². The molecular formula is C23H30N4O4. The van der Waals surface area contributed by atoms with Gasteiger partial charge in [0.2, 0.25) is 0 Å². The number of hydrogen-bond acceptors (Lipinski definition) is 6. The zero-order chi connectivity index (χ0) is 22.6. The fourth-order valence-electron chi connectivity index (χ4n) is 2.82. The van der Waals surface area contributed by atoms with Gasteiger partial charge in [-0.15, -0.1) is 0 Å². The first-order valence-corrected chi connectivity index (χ1v) is 10.2. The number of nitrogens with zero attached hydrogens (tertiary/aromatic N) is 2. The number of ether oxygens (including phenoxy) is 2. The molecule has 8 nitrogen and oxygen atoms in total. The lowest BCUT2D eigenvalue weighted by Gasteiger charge is -2.18. The summed E-state index contributed by atoms with van der Waals surface area (Å²) in [5.74, 6) is 0.939. The van der Waals surface area contributed by atoms with E-state index in [1.54, 1.807) is 31.1 Å². The number of carbonyl (C=O) groups excluding carboxylic acids is 2. The number of carbonyl (C=O) groups is 2. The highest BCUT2D eigenvalue weighted by Crippen LogP contribution is 2.22. The molecule has 0 radical (unpaired) electrons. The molecule has 2 aromatic rings. The predicted molar refractivity (Wildman–Crippen MR) is 122 cm³/mol. The second-order valence-corrected chi connectivity index (χ2v) is 6.67. The van der Waals surface area contributed by atoms with E-state index in [2.05, 4.69) is 15.8 Å². The van der Waals surface area contributed by atoms with Crippen LogP contribution in [0.25, 0.3) is 0 Å². The minimum Gasteiger partial charge on any atom is -0.495 e. The molecule has 8 heteroatoms. The molecule has 2 rings (SSSR count). The van der Waals surface area contributed by atoms with Crippen molar-refractivity contribution < 1.29 is 19.1 Å². The number of nitrogens with one attached hydrogen (secondary N) is 2. The molecule has 2 aromatic carbocycles. The van der Waals surface area contributed by atoms with Crippen molar-refractivity contribution in [3.05, 3.63) is 54.1 Å². The number of para-hydroxylation sites is 2. The molecule has 0 fully saturated rings. The van der Waals surface area contributed by atoms with Crippen molar-refractivity contribution in [3.8, 4) is 11.5 Å². The largest absolute Gasteiger partial charge is 0.495 e. The summed E-state index contributed by atoms with van der Waals surface area (Å²) >= 11 is 0. The van der Waals surface area contributed by atoms with Crippen molar-refractivity contribution in [1.82, 2.24) is 10.3 Å². The van der Waals surface area contributed by atoms with E-state index in [1.165, 1.54) is 0 Å². The van der Waals surface area contributed by atoms with Crippen molar-refractivity contribution in [2.45, 2.75) is 20.8 Å². The summed E-state index contributed by atoms with van der Waals surface area (Å²) in [6, 6.07) is 14.6. The van der Waals surface area contributed by atoms with Crippen LogP contribution in [0.1, 0.15) is 26.3 Å². The number of amides is 2. The predicted octanol–water partition coefficient (Wildman–Crippen LogP) is 2.89. The Morgan fingerprint density at radius 1 is 1.03 bits per heavy atom. The summed E-state index contributed by atoms with van der Waals surface area (Å²) < 4.78 is 10.8. The van der Waals surface area contributed by atoms with Crippen LogP contribution >= 0.6 is 0 Å². The van der Waals surface area contributed by atoms with Gasteiger partial charge < -0.3 is 19.7 Å². The van der Waals surface area contributed by atoms with Crippen molar-refractivity contribution in [2.24, 2.45) is 5.10 Å². The van der Waals surface area contributed by atoms with Crippen LogP contribution in [0.15, 0.2) is 53.6 Å². The molecule has 0 aliphatic heterocycles. The van der Waals surface area contributed by atoms with E-state index in [0.29, 0.717) is 30.3 Å². The van der Waals surface area contributed by atoms with E-state index in [-0.39, 0.29) is 25.0 Å². The van der Waals surface area contributed by atoms with Gasteiger partial charge in [-0.1, -0.05) is 12.1 Å². The SMILES string of the molecule is CCN(CC)C(=O)COc1ccc(/C(C)=N\NC(=O)CNc2ccccc2OC)cc1. The topological polar surface area (TPSA) is 92.3 Å². The lowest BCUT2D eigenvalue weighted by Crippen LogP contribution is -2.34. The summed E-state index contributed by atoms with van der Waals surface area (Å²) in [6.07, 6.45) is 0. The molecular weight excluding hydrogens is 396 g/mol. The van der Waals surface area contributed by atoms with Crippen LogP contribution in [0, 0.1) is 0 Å². The van der Waals surface area contributed by atoms with Crippen LogP contribution in [0.4, 0.5) is 5.69 Å². The number of rotatable bonds is 11. The van der Waals surface area contributed by atoms with Crippen molar-refractivity contribution in [2.75, 3.05) is 38.7 Å². The summed E-state index contributed by atoms with van der Waals surface area (Å²) in [5, 5.41) is 7.16. The molecule has 0 heterocycles. The number of anilines is 1. The van der Waals surface area contributed by atoms with E-state index < -0.39 is 0 Å². The quantitative estimate of drug-likeness (QED) is 0.426. The number of hydrazone groups is 1. The smallest absolute Gasteiger partial charge is 0.260 e. The zero-order valence-electron chi connectivity index (χ0n) is 18.5. The summed E-state index contributed by atoms with van der Waals surface area (Å²) in [6.45, 7) is 7.06. The molecule has 0 aromatic heterocycles. The third-order valence-electron chi connectivity index (χ3n) is 4.65. The number of likely N-dealkylation sites (N-methyl/N-ethyl adjacent to an activating group) is 1. The minimum absolute atomic E-state index is 0.00333. The average Bonchev–Trinajstić information content (AvgIpc) is 2.81. The zero-order valence-corrected chi connectivity index (χ0v) is 18.5. The molecule has 0 aliphatic rings. The molecule has 0 aliphatic carbocycles. The van der Waals surface area contributed by atoms with Crippen LogP contribution in [-0.2, 0) is 9.59 Å². The molecule has 2 amide bonds. The van der Waals surface area contributed by atoms with Gasteiger partial charge in [0.15, 0.2) is 6.61 Å². The Hall–Kier alpha value is -3.55. The van der Waals surface area contributed by atoms with Crippen LogP contribution in [0.5, 0.6) is 11.5 Å². The van der Waals surface area contributed by atoms with Gasteiger partial charge in [0.25, 0.3) is 11.8 Å². The van der Waals surface area contributed by atoms with Gasteiger partial charge in [-0.3, -0.25) is 9.59 Å². The maximum Gasteiger partial charge on any atom is 0.260 e. The number of methoxy groups -OCH3 is 1. The number of benzene rings is 2. The molecule has 0 atom stereocenters. The fraction of sp³-hybridized carbons (Fsp3) is 0.348. The van der Waals surface area contributed by atoms with Crippen LogP contribution in [-0.4, -0.2) is 55.8 Å². The first-order valence-electron chi connectivity index (χ1n) is 10.2. The highest BCUT2D eigenvalue weighted by atomic mass is 16.5. The van der Waals surface area contributed by atoms with Gasteiger partial charge in [-0.2, -0.15) is 5.10 Å². The first kappa shape index (κ1) is 23.7. The van der Waals surface area contributed by atoms with E-state index in [4.69, 9.17) is 9.47 Å². The van der Waals surface area contributed by atoms with Crippen molar-refractivity contribution in [1.29, 1.82) is 0 Å². The highest BCUT2D eigenvalue weighted by Gasteiger charge is 2.10. The summed E-state index contributed by atoms with van der Waals surface area (Å²) in [7, 11) is 1.58. The fourth-order valence-corrected chi connectivity index (χ4v) is 2.82. The van der Waals surface area contributed by atoms with Gasteiger partial charge in [0.05, 0.1) is 25.1 Å². The standard InChI is InChI=1S/C23H30N4O4/c1-5-27(6-2)23(29)16-31-19-13-11-18(12-14-19)17(3)25-26-22(28)15-24-20-9-7-8-10-21(20)30-4/h7-14,24H,5-6,15-16H2,1-4H3,(H,26,28)/b25-17-. The van der Waals surface area contributed by atoms with Crippen LogP contribution in [0.3, 0.4) is 0 Å². The molecule has 0 saturated heterocycles. The third-order valence-corrected chi connectivity index (χ3v) is 4.65. The molecule has 0 spiro atoms. The lowest BCUT2D eigenvalue weighted by atomic mass is 10.1. The Labute approximate surface area is 183 Å². The van der Waals surface area contributed by atoms with E-state index in [1.807, 2.05) is 50.2 Å². The highest BCUT2D eigenvalue weighted by molar-refractivity contribution is 5.99. The second-order valence-electron chi connectivity index (χ2n) is 6.67. The lowest BCUT2D eigenvalue weighted by molar-refractivity contribution is -0.133. The Morgan fingerprint density at radius 2 is 1.71 bits per heavy atom. The maximum atomic E-state index is 12.1. The van der Waals surface area contributed by atoms with Crippen molar-refractivity contribution in [3.63, 3.8) is 0 Å². The molecule has 31 heavy (non-hydrogen) atoms. The van der Waals surface area contributed by atoms with Gasteiger partial charge in [-0.05, 0) is 62.7 Å². The minimum atomic E-state index is -0.278. The number of hydrogen-bond donors (Lipinski definition) is 2. The normalized spacial score (nSPS) is 10.9. The second kappa shape index (κ2) is 12.2. The van der Waals surface area contributed by atoms with E-state index >= 15 is 0 Å². The average molecular weight is 427 g/mol. The molecule has 166 valence electrons. The third kappa shape index (κ3) is 7.33. The monoisotopic (exact) mass is 426 g/mol. The molecule has 0 bridgehead atoms. The van der Waals surface area contributed by atoms with Crippen LogP contribution < -0.4 is 20.2 Å². The molecule has 0 unspecified atom stereocenters. The van der Waals surface area contributed by atoms with E-state index in [9.17, 15) is 9.59 Å². The molecule has 0 saturated carbocycles. The Bertz CT molecular complexity index is 893. The Kier molecular flexibility index (Phi) is 9.35. The van der Waals surface area contributed by atoms with Gasteiger partial charge in [0, 0.05) is 13.1 Å². The van der Waals surface area contributed by atoms with E-state index in [0.717, 1.165) is 11.3 Å². The maximum absolute atomic E-state index is 12.1. The summed E-state index contributed by atoms with van der Waals surface area (Å²) in [5.41, 5.74) is 4.75. The van der Waals surface area contributed by atoms with Gasteiger partial charge in [-0.25, -0.2) is 5.43 Å². The molecule has 2 N–H and O–H groups in total. The first-order chi connectivity index (χ1) is 15.0. The van der Waals surface area contributed by atoms with Gasteiger partial charge >= 0.3 is 0 Å². The van der Waals surface area contributed by atoms with Crippen molar-refractivity contribution >= 4 is 23.2 Å². The van der Waals surface area contributed by atoms with Gasteiger partial charge in [0.1, 0.15) is 11.5 Å². The Morgan fingerprint density at radius 3 is 2.35 bits per heavy atom. The Balaban J connectivity index is 1.84. The summed E-state index contributed by atoms with van der Waals surface area (Å²) in [4.78, 5) is 25.8.